The van der Waals surface area contributed by atoms with Crippen LogP contribution in [0.3, 0.4) is 0 Å². The van der Waals surface area contributed by atoms with Crippen LogP contribution in [0.5, 0.6) is 0 Å². The Morgan fingerprint density at radius 2 is 2.20 bits per heavy atom. The first-order valence-corrected chi connectivity index (χ1v) is 8.92. The van der Waals surface area contributed by atoms with Crippen LogP contribution >= 0.6 is 0 Å². The van der Waals surface area contributed by atoms with Gasteiger partial charge in [0.2, 0.25) is 0 Å². The summed E-state index contributed by atoms with van der Waals surface area (Å²) in [6.07, 6.45) is 9.01. The van der Waals surface area contributed by atoms with Gasteiger partial charge in [0.1, 0.15) is 0 Å². The van der Waals surface area contributed by atoms with E-state index in [9.17, 15) is 9.90 Å². The summed E-state index contributed by atoms with van der Waals surface area (Å²) in [4.78, 5) is 20.5. The molecule has 6 heteroatoms. The number of aromatic nitrogens is 3. The lowest BCUT2D eigenvalue weighted by molar-refractivity contribution is -0.147. The fourth-order valence-corrected chi connectivity index (χ4v) is 4.35. The number of carbonyl (C=O) groups is 1. The number of esters is 1. The molecule has 2 aromatic heterocycles. The zero-order chi connectivity index (χ0) is 17.4. The summed E-state index contributed by atoms with van der Waals surface area (Å²) in [6, 6.07) is 4.02. The van der Waals surface area contributed by atoms with Crippen LogP contribution in [-0.4, -0.2) is 38.8 Å². The topological polar surface area (TPSA) is 77.2 Å². The minimum atomic E-state index is -0.410. The van der Waals surface area contributed by atoms with Crippen LogP contribution in [0, 0.1) is 11.8 Å². The molecule has 0 spiro atoms. The molecule has 2 aromatic rings. The van der Waals surface area contributed by atoms with Crippen molar-refractivity contribution in [2.45, 2.75) is 44.2 Å². The highest BCUT2D eigenvalue weighted by Gasteiger charge is 2.35. The molecule has 3 heterocycles. The van der Waals surface area contributed by atoms with E-state index in [4.69, 9.17) is 4.74 Å². The van der Waals surface area contributed by atoms with Crippen molar-refractivity contribution in [1.82, 2.24) is 14.5 Å². The molecule has 25 heavy (non-hydrogen) atoms. The van der Waals surface area contributed by atoms with Crippen molar-refractivity contribution in [3.63, 3.8) is 0 Å². The van der Waals surface area contributed by atoms with E-state index in [0.29, 0.717) is 6.42 Å². The zero-order valence-corrected chi connectivity index (χ0v) is 14.3. The summed E-state index contributed by atoms with van der Waals surface area (Å²) in [6.45, 7) is 0. The Labute approximate surface area is 146 Å². The first-order valence-electron chi connectivity index (χ1n) is 8.92. The summed E-state index contributed by atoms with van der Waals surface area (Å²) in [5.74, 6) is 0.0909. The quantitative estimate of drug-likeness (QED) is 0.865. The Bertz CT molecular complexity index is 765. The average molecular weight is 341 g/mol. The van der Waals surface area contributed by atoms with E-state index in [-0.39, 0.29) is 23.8 Å². The predicted molar refractivity (Wildman–Crippen MR) is 91.7 cm³/mol. The Hall–Kier alpha value is -2.21. The van der Waals surface area contributed by atoms with Crippen molar-refractivity contribution in [1.29, 1.82) is 0 Å². The third kappa shape index (κ3) is 2.84. The lowest BCUT2D eigenvalue weighted by Gasteiger charge is -2.31. The first kappa shape index (κ1) is 16.3. The highest BCUT2D eigenvalue weighted by molar-refractivity contribution is 5.72. The molecule has 2 unspecified atom stereocenters. The minimum Gasteiger partial charge on any atom is -0.469 e. The maximum atomic E-state index is 11.7. The lowest BCUT2D eigenvalue weighted by atomic mass is 9.78. The number of pyridine rings is 1. The Balaban J connectivity index is 1.46. The van der Waals surface area contributed by atoms with E-state index < -0.39 is 6.10 Å². The molecule has 0 saturated heterocycles. The summed E-state index contributed by atoms with van der Waals surface area (Å²) in [7, 11) is 1.44. The highest BCUT2D eigenvalue weighted by atomic mass is 16.5. The molecule has 1 N–H and O–H groups in total. The molecule has 2 atom stereocenters. The summed E-state index contributed by atoms with van der Waals surface area (Å²) < 4.78 is 6.95. The fraction of sp³-hybridized carbons (Fsp3) is 0.526. The number of carbonyl (C=O) groups excluding carboxylic acids is 1. The van der Waals surface area contributed by atoms with E-state index in [1.165, 1.54) is 7.11 Å². The minimum absolute atomic E-state index is 0.0115. The number of imidazole rings is 1. The average Bonchev–Trinajstić information content (AvgIpc) is 3.24. The number of aliphatic hydroxyl groups excluding tert-OH is 1. The Kier molecular flexibility index (Phi) is 4.29. The number of methoxy groups -OCH3 is 1. The van der Waals surface area contributed by atoms with Gasteiger partial charge in [-0.05, 0) is 43.7 Å². The van der Waals surface area contributed by atoms with E-state index in [2.05, 4.69) is 20.6 Å². The van der Waals surface area contributed by atoms with Crippen LogP contribution in [0.15, 0.2) is 30.9 Å². The van der Waals surface area contributed by atoms with Gasteiger partial charge in [0, 0.05) is 18.2 Å². The number of fused-ring (bicyclic) bond motifs is 3. The SMILES string of the molecule is COC(=O)C1CCC(C(O)CC2c3ncccc3-c3cncn32)CC1. The number of rotatable bonds is 4. The summed E-state index contributed by atoms with van der Waals surface area (Å²) in [5, 5.41) is 10.8. The van der Waals surface area contributed by atoms with Gasteiger partial charge in [0.15, 0.2) is 0 Å². The van der Waals surface area contributed by atoms with Crippen LogP contribution in [0.25, 0.3) is 11.3 Å². The van der Waals surface area contributed by atoms with Gasteiger partial charge in [-0.2, -0.15) is 0 Å². The molecule has 0 radical (unpaired) electrons. The van der Waals surface area contributed by atoms with Crippen LogP contribution in [0.1, 0.15) is 43.8 Å². The van der Waals surface area contributed by atoms with Gasteiger partial charge in [-0.25, -0.2) is 4.98 Å². The van der Waals surface area contributed by atoms with Gasteiger partial charge < -0.3 is 14.4 Å². The van der Waals surface area contributed by atoms with Crippen LogP contribution in [0.4, 0.5) is 0 Å². The summed E-state index contributed by atoms with van der Waals surface area (Å²) >= 11 is 0. The molecular weight excluding hydrogens is 318 g/mol. The van der Waals surface area contributed by atoms with E-state index in [1.54, 1.807) is 6.20 Å². The molecule has 0 aromatic carbocycles. The zero-order valence-electron chi connectivity index (χ0n) is 14.3. The van der Waals surface area contributed by atoms with Gasteiger partial charge >= 0.3 is 5.97 Å². The van der Waals surface area contributed by atoms with Crippen LogP contribution in [-0.2, 0) is 9.53 Å². The second kappa shape index (κ2) is 6.59. The van der Waals surface area contributed by atoms with Crippen molar-refractivity contribution in [3.8, 4) is 11.3 Å². The van der Waals surface area contributed by atoms with Crippen molar-refractivity contribution in [2.24, 2.45) is 11.8 Å². The van der Waals surface area contributed by atoms with Crippen molar-refractivity contribution < 1.29 is 14.6 Å². The standard InChI is InChI=1S/C19H23N3O3/c1-25-19(24)13-6-4-12(5-7-13)17(23)9-15-18-14(3-2-8-21-18)16-10-20-11-22(15)16/h2-3,8,10-13,15,17,23H,4-7,9H2,1H3. The smallest absolute Gasteiger partial charge is 0.308 e. The lowest BCUT2D eigenvalue weighted by Crippen LogP contribution is -2.30. The maximum absolute atomic E-state index is 11.7. The fourth-order valence-electron chi connectivity index (χ4n) is 4.35. The molecule has 0 bridgehead atoms. The molecule has 1 aliphatic heterocycles. The molecule has 1 saturated carbocycles. The molecule has 2 aliphatic rings. The van der Waals surface area contributed by atoms with Crippen molar-refractivity contribution in [2.75, 3.05) is 7.11 Å². The van der Waals surface area contributed by atoms with Gasteiger partial charge in [-0.1, -0.05) is 0 Å². The molecule has 132 valence electrons. The predicted octanol–water partition coefficient (Wildman–Crippen LogP) is 2.58. The number of aliphatic hydroxyl groups is 1. The normalized spacial score (nSPS) is 25.9. The van der Waals surface area contributed by atoms with Crippen LogP contribution in [0.2, 0.25) is 0 Å². The largest absolute Gasteiger partial charge is 0.469 e. The van der Waals surface area contributed by atoms with E-state index in [0.717, 1.165) is 42.6 Å². The second-order valence-electron chi connectivity index (χ2n) is 7.08. The molecule has 1 aliphatic carbocycles. The molecule has 0 amide bonds. The van der Waals surface area contributed by atoms with E-state index >= 15 is 0 Å². The van der Waals surface area contributed by atoms with Gasteiger partial charge in [-0.3, -0.25) is 9.78 Å². The number of hydrogen-bond acceptors (Lipinski definition) is 5. The van der Waals surface area contributed by atoms with Gasteiger partial charge in [-0.15, -0.1) is 0 Å². The Morgan fingerprint density at radius 1 is 1.40 bits per heavy atom. The van der Waals surface area contributed by atoms with Crippen molar-refractivity contribution in [3.05, 3.63) is 36.5 Å². The van der Waals surface area contributed by atoms with Gasteiger partial charge in [0.05, 0.1) is 49.1 Å². The third-order valence-corrected chi connectivity index (χ3v) is 5.75. The van der Waals surface area contributed by atoms with E-state index in [1.807, 2.05) is 18.6 Å². The third-order valence-electron chi connectivity index (χ3n) is 5.75. The second-order valence-corrected chi connectivity index (χ2v) is 7.08. The molecule has 4 rings (SSSR count). The molecule has 6 nitrogen and oxygen atoms in total. The Morgan fingerprint density at radius 3 is 2.96 bits per heavy atom. The van der Waals surface area contributed by atoms with Crippen LogP contribution < -0.4 is 0 Å². The number of hydrogen-bond donors (Lipinski definition) is 1. The monoisotopic (exact) mass is 341 g/mol. The number of nitrogens with zero attached hydrogens (tertiary/aromatic N) is 3. The highest BCUT2D eigenvalue weighted by Crippen LogP contribution is 2.42. The molecule has 1 fully saturated rings. The van der Waals surface area contributed by atoms with Gasteiger partial charge in [0.25, 0.3) is 0 Å². The molecular formula is C19H23N3O3. The first-order chi connectivity index (χ1) is 12.2. The summed E-state index contributed by atoms with van der Waals surface area (Å²) in [5.41, 5.74) is 3.18. The number of ether oxygens (including phenoxy) is 1. The van der Waals surface area contributed by atoms with Crippen molar-refractivity contribution >= 4 is 5.97 Å². The maximum Gasteiger partial charge on any atom is 0.308 e.